The Balaban J connectivity index is 1.80. The van der Waals surface area contributed by atoms with Crippen LogP contribution >= 0.6 is 22.9 Å². The fourth-order valence-corrected chi connectivity index (χ4v) is 2.86. The van der Waals surface area contributed by atoms with Crippen molar-refractivity contribution in [2.75, 3.05) is 6.54 Å². The smallest absolute Gasteiger partial charge is 0.120 e. The second kappa shape index (κ2) is 6.23. The Morgan fingerprint density at radius 2 is 2.11 bits per heavy atom. The SMILES string of the molecule is Cc1ccc(O)c(CNCCc2ccc(Cl)s2)c1. The number of hydrogen-bond acceptors (Lipinski definition) is 3. The van der Waals surface area contributed by atoms with Gasteiger partial charge in [0.1, 0.15) is 5.75 Å². The van der Waals surface area contributed by atoms with E-state index in [4.69, 9.17) is 11.6 Å². The Kier molecular flexibility index (Phi) is 4.64. The maximum Gasteiger partial charge on any atom is 0.120 e. The van der Waals surface area contributed by atoms with Crippen LogP contribution in [0.15, 0.2) is 30.3 Å². The number of benzene rings is 1. The van der Waals surface area contributed by atoms with Gasteiger partial charge in [-0.3, -0.25) is 0 Å². The maximum atomic E-state index is 9.70. The van der Waals surface area contributed by atoms with Crippen molar-refractivity contribution in [2.45, 2.75) is 19.9 Å². The van der Waals surface area contributed by atoms with E-state index in [1.807, 2.05) is 25.1 Å². The fourth-order valence-electron chi connectivity index (χ4n) is 1.78. The van der Waals surface area contributed by atoms with Crippen molar-refractivity contribution in [1.82, 2.24) is 5.32 Å². The van der Waals surface area contributed by atoms with Crippen LogP contribution in [0.1, 0.15) is 16.0 Å². The van der Waals surface area contributed by atoms with E-state index in [1.54, 1.807) is 17.4 Å². The van der Waals surface area contributed by atoms with Gasteiger partial charge in [-0.15, -0.1) is 11.3 Å². The lowest BCUT2D eigenvalue weighted by atomic mass is 10.1. The van der Waals surface area contributed by atoms with Gasteiger partial charge in [-0.25, -0.2) is 0 Å². The Morgan fingerprint density at radius 1 is 1.28 bits per heavy atom. The van der Waals surface area contributed by atoms with Crippen LogP contribution in [0.4, 0.5) is 0 Å². The number of rotatable bonds is 5. The summed E-state index contributed by atoms with van der Waals surface area (Å²) in [6.07, 6.45) is 0.962. The topological polar surface area (TPSA) is 32.3 Å². The molecule has 0 unspecified atom stereocenters. The van der Waals surface area contributed by atoms with E-state index in [0.29, 0.717) is 12.3 Å². The van der Waals surface area contributed by atoms with Crippen molar-refractivity contribution < 1.29 is 5.11 Å². The zero-order chi connectivity index (χ0) is 13.0. The number of thiophene rings is 1. The third kappa shape index (κ3) is 3.73. The average Bonchev–Trinajstić information content (AvgIpc) is 2.75. The number of phenols is 1. The molecule has 2 rings (SSSR count). The van der Waals surface area contributed by atoms with E-state index >= 15 is 0 Å². The molecule has 0 saturated heterocycles. The third-order valence-corrected chi connectivity index (χ3v) is 4.02. The number of hydrogen-bond donors (Lipinski definition) is 2. The summed E-state index contributed by atoms with van der Waals surface area (Å²) in [7, 11) is 0. The molecule has 1 heterocycles. The standard InChI is InChI=1S/C14H16ClNOS/c1-10-2-4-13(17)11(8-10)9-16-7-6-12-3-5-14(15)18-12/h2-5,8,16-17H,6-7,9H2,1H3. The van der Waals surface area contributed by atoms with E-state index in [1.165, 1.54) is 4.88 Å². The van der Waals surface area contributed by atoms with Crippen LogP contribution in [-0.4, -0.2) is 11.7 Å². The molecule has 1 aromatic carbocycles. The van der Waals surface area contributed by atoms with Crippen LogP contribution in [0.25, 0.3) is 0 Å². The van der Waals surface area contributed by atoms with E-state index in [-0.39, 0.29) is 0 Å². The molecule has 0 spiro atoms. The lowest BCUT2D eigenvalue weighted by Gasteiger charge is -2.07. The van der Waals surface area contributed by atoms with E-state index in [2.05, 4.69) is 11.4 Å². The van der Waals surface area contributed by atoms with Gasteiger partial charge >= 0.3 is 0 Å². The molecule has 0 fully saturated rings. The molecule has 0 amide bonds. The molecule has 0 aliphatic rings. The molecule has 2 nitrogen and oxygen atoms in total. The van der Waals surface area contributed by atoms with Crippen LogP contribution in [0, 0.1) is 6.92 Å². The van der Waals surface area contributed by atoms with E-state index in [9.17, 15) is 5.11 Å². The highest BCUT2D eigenvalue weighted by Gasteiger charge is 2.01. The van der Waals surface area contributed by atoms with Gasteiger partial charge in [-0.2, -0.15) is 0 Å². The molecule has 2 N–H and O–H groups in total. The second-order valence-corrected chi connectivity index (χ2v) is 6.06. The summed E-state index contributed by atoms with van der Waals surface area (Å²) in [4.78, 5) is 1.28. The van der Waals surface area contributed by atoms with Gasteiger partial charge in [-0.1, -0.05) is 29.3 Å². The van der Waals surface area contributed by atoms with Crippen LogP contribution in [0.3, 0.4) is 0 Å². The molecule has 1 aromatic heterocycles. The summed E-state index contributed by atoms with van der Waals surface area (Å²) in [5, 5.41) is 13.0. The predicted octanol–water partition coefficient (Wildman–Crippen LogP) is 3.75. The lowest BCUT2D eigenvalue weighted by Crippen LogP contribution is -2.16. The highest BCUT2D eigenvalue weighted by Crippen LogP contribution is 2.21. The first-order valence-corrected chi connectivity index (χ1v) is 7.08. The highest BCUT2D eigenvalue weighted by atomic mass is 35.5. The monoisotopic (exact) mass is 281 g/mol. The summed E-state index contributed by atoms with van der Waals surface area (Å²) in [5.74, 6) is 0.354. The fraction of sp³-hybridized carbons (Fsp3) is 0.286. The Bertz CT molecular complexity index is 524. The summed E-state index contributed by atoms with van der Waals surface area (Å²) in [6, 6.07) is 9.63. The molecule has 0 radical (unpaired) electrons. The molecule has 0 aliphatic carbocycles. The molecular formula is C14H16ClNOS. The van der Waals surface area contributed by atoms with Gasteiger partial charge in [-0.05, 0) is 31.5 Å². The highest BCUT2D eigenvalue weighted by molar-refractivity contribution is 7.16. The number of nitrogens with one attached hydrogen (secondary N) is 1. The van der Waals surface area contributed by atoms with Crippen LogP contribution in [0.2, 0.25) is 4.34 Å². The predicted molar refractivity (Wildman–Crippen MR) is 77.6 cm³/mol. The van der Waals surface area contributed by atoms with Crippen molar-refractivity contribution in [3.63, 3.8) is 0 Å². The van der Waals surface area contributed by atoms with Crippen molar-refractivity contribution in [1.29, 1.82) is 0 Å². The first kappa shape index (κ1) is 13.4. The minimum Gasteiger partial charge on any atom is -0.508 e. The van der Waals surface area contributed by atoms with Crippen molar-refractivity contribution in [3.05, 3.63) is 50.7 Å². The summed E-state index contributed by atoms with van der Waals surface area (Å²) >= 11 is 7.49. The van der Waals surface area contributed by atoms with Gasteiger partial charge in [0, 0.05) is 23.5 Å². The molecule has 0 bridgehead atoms. The van der Waals surface area contributed by atoms with Gasteiger partial charge in [0.05, 0.1) is 4.34 Å². The molecule has 96 valence electrons. The van der Waals surface area contributed by atoms with Crippen LogP contribution in [-0.2, 0) is 13.0 Å². The summed E-state index contributed by atoms with van der Waals surface area (Å²) in [6.45, 7) is 3.59. The first-order valence-electron chi connectivity index (χ1n) is 5.88. The van der Waals surface area contributed by atoms with Crippen molar-refractivity contribution >= 4 is 22.9 Å². The quantitative estimate of drug-likeness (QED) is 0.818. The van der Waals surface area contributed by atoms with Gasteiger partial charge < -0.3 is 10.4 Å². The molecule has 4 heteroatoms. The Labute approximate surface area is 116 Å². The number of aromatic hydroxyl groups is 1. The zero-order valence-corrected chi connectivity index (χ0v) is 11.8. The normalized spacial score (nSPS) is 10.8. The van der Waals surface area contributed by atoms with Gasteiger partial charge in [0.15, 0.2) is 0 Å². The van der Waals surface area contributed by atoms with E-state index < -0.39 is 0 Å². The second-order valence-electron chi connectivity index (χ2n) is 4.26. The first-order chi connectivity index (χ1) is 8.65. The lowest BCUT2D eigenvalue weighted by molar-refractivity contribution is 0.464. The zero-order valence-electron chi connectivity index (χ0n) is 10.2. The van der Waals surface area contributed by atoms with Crippen LogP contribution < -0.4 is 5.32 Å². The largest absolute Gasteiger partial charge is 0.508 e. The van der Waals surface area contributed by atoms with E-state index in [0.717, 1.165) is 28.4 Å². The van der Waals surface area contributed by atoms with Gasteiger partial charge in [0.2, 0.25) is 0 Å². The van der Waals surface area contributed by atoms with Crippen molar-refractivity contribution in [3.8, 4) is 5.75 Å². The third-order valence-electron chi connectivity index (χ3n) is 2.73. The number of phenolic OH excluding ortho intramolecular Hbond substituents is 1. The van der Waals surface area contributed by atoms with Crippen LogP contribution in [0.5, 0.6) is 5.75 Å². The Hall–Kier alpha value is -1.03. The number of aryl methyl sites for hydroxylation is 1. The molecule has 2 aromatic rings. The molecule has 0 atom stereocenters. The van der Waals surface area contributed by atoms with Gasteiger partial charge in [0.25, 0.3) is 0 Å². The molecule has 18 heavy (non-hydrogen) atoms. The minimum atomic E-state index is 0.354. The molecular weight excluding hydrogens is 266 g/mol. The minimum absolute atomic E-state index is 0.354. The average molecular weight is 282 g/mol. The van der Waals surface area contributed by atoms with Crippen molar-refractivity contribution in [2.24, 2.45) is 0 Å². The summed E-state index contributed by atoms with van der Waals surface area (Å²) < 4.78 is 0.835. The Morgan fingerprint density at radius 3 is 2.83 bits per heavy atom. The summed E-state index contributed by atoms with van der Waals surface area (Å²) in [5.41, 5.74) is 2.11. The maximum absolute atomic E-state index is 9.70. The number of halogens is 1. The molecule has 0 aliphatic heterocycles. The molecule has 0 saturated carbocycles.